The quantitative estimate of drug-likeness (QED) is 0.476. The fraction of sp³-hybridized carbons (Fsp3) is 0.292. The van der Waals surface area contributed by atoms with Crippen LogP contribution in [-0.2, 0) is 0 Å². The van der Waals surface area contributed by atoms with Crippen molar-refractivity contribution in [1.82, 2.24) is 14.9 Å². The van der Waals surface area contributed by atoms with Gasteiger partial charge in [-0.1, -0.05) is 46.9 Å². The molecular weight excluding hydrogens is 469 g/mol. The number of halogens is 3. The number of carbonyl (C=O) groups is 1. The van der Waals surface area contributed by atoms with E-state index in [-0.39, 0.29) is 18.3 Å². The highest BCUT2D eigenvalue weighted by molar-refractivity contribution is 6.36. The lowest BCUT2D eigenvalue weighted by molar-refractivity contribution is 0.0666. The van der Waals surface area contributed by atoms with Gasteiger partial charge in [0.15, 0.2) is 0 Å². The Kier molecular flexibility index (Phi) is 7.31. The fourth-order valence-electron chi connectivity index (χ4n) is 3.96. The molecular formula is C24H22Cl3N3O2. The minimum Gasteiger partial charge on any atom is -0.396 e. The first-order valence-corrected chi connectivity index (χ1v) is 11.6. The molecule has 2 aromatic carbocycles. The van der Waals surface area contributed by atoms with E-state index in [0.717, 1.165) is 30.4 Å². The van der Waals surface area contributed by atoms with Gasteiger partial charge in [-0.3, -0.25) is 4.79 Å². The molecule has 0 radical (unpaired) electrons. The maximum absolute atomic E-state index is 13.2. The number of aliphatic hydroxyl groups is 1. The third kappa shape index (κ3) is 5.07. The summed E-state index contributed by atoms with van der Waals surface area (Å²) in [6, 6.07) is 12.5. The lowest BCUT2D eigenvalue weighted by atomic mass is 9.94. The zero-order chi connectivity index (χ0) is 22.7. The molecule has 1 aromatic heterocycles. The van der Waals surface area contributed by atoms with Gasteiger partial charge in [0, 0.05) is 47.1 Å². The predicted octanol–water partition coefficient (Wildman–Crippen LogP) is 6.01. The van der Waals surface area contributed by atoms with E-state index in [1.165, 1.54) is 0 Å². The number of hydrogen-bond donors (Lipinski definition) is 1. The van der Waals surface area contributed by atoms with Crippen molar-refractivity contribution in [1.29, 1.82) is 0 Å². The smallest absolute Gasteiger partial charge is 0.291 e. The van der Waals surface area contributed by atoms with Gasteiger partial charge in [-0.05, 0) is 61.1 Å². The molecule has 3 aromatic rings. The first kappa shape index (κ1) is 23.0. The van der Waals surface area contributed by atoms with E-state index in [1.54, 1.807) is 41.4 Å². The van der Waals surface area contributed by atoms with E-state index in [2.05, 4.69) is 9.97 Å². The number of aliphatic hydroxyl groups excluding tert-OH is 1. The molecule has 0 saturated carbocycles. The molecule has 166 valence electrons. The van der Waals surface area contributed by atoms with Crippen molar-refractivity contribution in [2.24, 2.45) is 5.92 Å². The highest BCUT2D eigenvalue weighted by Gasteiger charge is 2.26. The molecule has 0 bridgehead atoms. The van der Waals surface area contributed by atoms with Crippen LogP contribution in [0, 0.1) is 5.92 Å². The fourth-order valence-corrected chi connectivity index (χ4v) is 4.59. The first-order chi connectivity index (χ1) is 15.5. The second kappa shape index (κ2) is 10.2. The number of nitrogens with zero attached hydrogens (tertiary/aromatic N) is 3. The Morgan fingerprint density at radius 2 is 1.69 bits per heavy atom. The van der Waals surface area contributed by atoms with Crippen LogP contribution in [-0.4, -0.2) is 45.6 Å². The summed E-state index contributed by atoms with van der Waals surface area (Å²) in [6.45, 7) is 1.44. The molecule has 1 fully saturated rings. The van der Waals surface area contributed by atoms with Gasteiger partial charge < -0.3 is 10.0 Å². The van der Waals surface area contributed by atoms with Crippen molar-refractivity contribution in [2.75, 3.05) is 19.7 Å². The Labute approximate surface area is 202 Å². The molecule has 1 aliphatic heterocycles. The minimum absolute atomic E-state index is 0.129. The van der Waals surface area contributed by atoms with E-state index in [4.69, 9.17) is 39.9 Å². The molecule has 0 aliphatic carbocycles. The molecule has 0 unspecified atom stereocenters. The van der Waals surface area contributed by atoms with Crippen LogP contribution in [0.2, 0.25) is 15.1 Å². The van der Waals surface area contributed by atoms with Gasteiger partial charge in [0.1, 0.15) is 0 Å². The van der Waals surface area contributed by atoms with Crippen LogP contribution in [0.1, 0.15) is 29.9 Å². The zero-order valence-corrected chi connectivity index (χ0v) is 19.5. The van der Waals surface area contributed by atoms with Gasteiger partial charge >= 0.3 is 0 Å². The van der Waals surface area contributed by atoms with Gasteiger partial charge in [-0.25, -0.2) is 9.97 Å². The van der Waals surface area contributed by atoms with E-state index >= 15 is 0 Å². The summed E-state index contributed by atoms with van der Waals surface area (Å²) in [6.07, 6.45) is 4.16. The van der Waals surface area contributed by atoms with Crippen molar-refractivity contribution in [3.05, 3.63) is 69.6 Å². The van der Waals surface area contributed by atoms with Crippen molar-refractivity contribution in [2.45, 2.75) is 19.3 Å². The highest BCUT2D eigenvalue weighted by Crippen LogP contribution is 2.36. The largest absolute Gasteiger partial charge is 0.396 e. The number of rotatable bonds is 5. The summed E-state index contributed by atoms with van der Waals surface area (Å²) < 4.78 is 0. The number of amides is 1. The Bertz CT molecular complexity index is 1110. The Morgan fingerprint density at radius 3 is 2.34 bits per heavy atom. The van der Waals surface area contributed by atoms with Crippen LogP contribution in [0.15, 0.2) is 48.7 Å². The maximum Gasteiger partial charge on any atom is 0.291 e. The molecule has 32 heavy (non-hydrogen) atoms. The summed E-state index contributed by atoms with van der Waals surface area (Å²) in [5.74, 6) is 0.367. The molecule has 1 aliphatic rings. The van der Waals surface area contributed by atoms with Crippen molar-refractivity contribution in [3.63, 3.8) is 0 Å². The zero-order valence-electron chi connectivity index (χ0n) is 17.3. The summed E-state index contributed by atoms with van der Waals surface area (Å²) >= 11 is 18.6. The van der Waals surface area contributed by atoms with Crippen molar-refractivity contribution >= 4 is 40.7 Å². The summed E-state index contributed by atoms with van der Waals surface area (Å²) in [5, 5.41) is 10.7. The second-order valence-electron chi connectivity index (χ2n) is 7.83. The Balaban J connectivity index is 1.71. The maximum atomic E-state index is 13.2. The van der Waals surface area contributed by atoms with E-state index < -0.39 is 0 Å². The predicted molar refractivity (Wildman–Crippen MR) is 128 cm³/mol. The molecule has 2 heterocycles. The molecule has 1 amide bonds. The summed E-state index contributed by atoms with van der Waals surface area (Å²) in [5.41, 5.74) is 2.82. The molecule has 1 N–H and O–H groups in total. The number of benzene rings is 2. The first-order valence-electron chi connectivity index (χ1n) is 10.4. The van der Waals surface area contributed by atoms with Gasteiger partial charge in [-0.15, -0.1) is 0 Å². The molecule has 1 saturated heterocycles. The topological polar surface area (TPSA) is 66.3 Å². The molecule has 0 spiro atoms. The number of piperidine rings is 1. The average molecular weight is 491 g/mol. The van der Waals surface area contributed by atoms with Crippen LogP contribution in [0.3, 0.4) is 0 Å². The average Bonchev–Trinajstić information content (AvgIpc) is 2.80. The van der Waals surface area contributed by atoms with Gasteiger partial charge in [0.2, 0.25) is 5.82 Å². The lowest BCUT2D eigenvalue weighted by Gasteiger charge is -2.31. The van der Waals surface area contributed by atoms with Crippen LogP contribution < -0.4 is 0 Å². The standard InChI is InChI=1S/C24H22Cl3N3O2/c25-17-3-1-16(2-4-17)20-14-28-23(24(32)30-10-7-15(8-11-30)9-12-31)29-22(20)19-6-5-18(26)13-21(19)27/h1-6,13-15,31H,7-12H2. The number of aromatic nitrogens is 2. The monoisotopic (exact) mass is 489 g/mol. The van der Waals surface area contributed by atoms with Gasteiger partial charge in [0.05, 0.1) is 10.7 Å². The van der Waals surface area contributed by atoms with Gasteiger partial charge in [0.25, 0.3) is 5.91 Å². The summed E-state index contributed by atoms with van der Waals surface area (Å²) in [4.78, 5) is 24.0. The minimum atomic E-state index is -0.207. The van der Waals surface area contributed by atoms with Crippen LogP contribution in [0.4, 0.5) is 0 Å². The van der Waals surface area contributed by atoms with Crippen molar-refractivity contribution < 1.29 is 9.90 Å². The molecule has 0 atom stereocenters. The molecule has 5 nitrogen and oxygen atoms in total. The van der Waals surface area contributed by atoms with E-state index in [1.807, 2.05) is 12.1 Å². The third-order valence-corrected chi connectivity index (χ3v) is 6.56. The van der Waals surface area contributed by atoms with Crippen molar-refractivity contribution in [3.8, 4) is 22.4 Å². The highest BCUT2D eigenvalue weighted by atomic mass is 35.5. The molecule has 8 heteroatoms. The Morgan fingerprint density at radius 1 is 1.00 bits per heavy atom. The molecule has 4 rings (SSSR count). The second-order valence-corrected chi connectivity index (χ2v) is 9.11. The van der Waals surface area contributed by atoms with E-state index in [0.29, 0.717) is 45.3 Å². The SMILES string of the molecule is O=C(c1ncc(-c2ccc(Cl)cc2)c(-c2ccc(Cl)cc2Cl)n1)N1CCC(CCO)CC1. The van der Waals surface area contributed by atoms with Crippen LogP contribution in [0.25, 0.3) is 22.4 Å². The summed E-state index contributed by atoms with van der Waals surface area (Å²) in [7, 11) is 0. The Hall–Kier alpha value is -2.18. The van der Waals surface area contributed by atoms with Crippen LogP contribution in [0.5, 0.6) is 0 Å². The van der Waals surface area contributed by atoms with Gasteiger partial charge in [-0.2, -0.15) is 0 Å². The number of carbonyl (C=O) groups excluding carboxylic acids is 1. The number of hydrogen-bond acceptors (Lipinski definition) is 4. The lowest BCUT2D eigenvalue weighted by Crippen LogP contribution is -2.39. The van der Waals surface area contributed by atoms with E-state index in [9.17, 15) is 4.79 Å². The normalized spacial score (nSPS) is 14.6. The van der Waals surface area contributed by atoms with Crippen LogP contribution >= 0.6 is 34.8 Å². The number of likely N-dealkylation sites (tertiary alicyclic amines) is 1. The third-order valence-electron chi connectivity index (χ3n) is 5.76.